The Hall–Kier alpha value is -1.16. The van der Waals surface area contributed by atoms with Crippen molar-refractivity contribution >= 4 is 16.7 Å². The van der Waals surface area contributed by atoms with Crippen LogP contribution in [-0.2, 0) is 11.0 Å². The van der Waals surface area contributed by atoms with Gasteiger partial charge < -0.3 is 4.74 Å². The van der Waals surface area contributed by atoms with Gasteiger partial charge in [0, 0.05) is 12.0 Å². The molecule has 0 aliphatic carbocycles. The van der Waals surface area contributed by atoms with Gasteiger partial charge in [0.15, 0.2) is 0 Å². The highest BCUT2D eigenvalue weighted by atomic mass is 32.2. The van der Waals surface area contributed by atoms with Gasteiger partial charge in [-0.05, 0) is 32.9 Å². The lowest BCUT2D eigenvalue weighted by Crippen LogP contribution is -2.23. The molecule has 1 heterocycles. The molecule has 0 saturated heterocycles. The number of nitrogens with zero attached hydrogens (tertiary/aromatic N) is 1. The average Bonchev–Trinajstić information content (AvgIpc) is 2.28. The van der Waals surface area contributed by atoms with Crippen LogP contribution in [0.15, 0.2) is 28.7 Å². The van der Waals surface area contributed by atoms with Crippen molar-refractivity contribution in [3.63, 3.8) is 0 Å². The van der Waals surface area contributed by atoms with Gasteiger partial charge in [-0.3, -0.25) is 0 Å². The fraction of sp³-hybridized carbons (Fsp3) is 0.462. The first-order chi connectivity index (χ1) is 7.98. The summed E-state index contributed by atoms with van der Waals surface area (Å²) in [4.78, 5) is 0. The van der Waals surface area contributed by atoms with E-state index in [1.807, 2.05) is 45.0 Å². The lowest BCUT2D eigenvalue weighted by Gasteiger charge is -2.20. The third-order valence-corrected chi connectivity index (χ3v) is 3.95. The summed E-state index contributed by atoms with van der Waals surface area (Å²) < 4.78 is 21.6. The SMILES string of the molecule is CC(C)(C)S(=O)N=C1CCOc2ccccc21. The molecule has 0 fully saturated rings. The molecular formula is C13H17NO2S. The maximum absolute atomic E-state index is 12.0. The highest BCUT2D eigenvalue weighted by Crippen LogP contribution is 2.25. The predicted molar refractivity (Wildman–Crippen MR) is 71.0 cm³/mol. The summed E-state index contributed by atoms with van der Waals surface area (Å²) in [6.07, 6.45) is 0.721. The summed E-state index contributed by atoms with van der Waals surface area (Å²) in [5.41, 5.74) is 1.86. The van der Waals surface area contributed by atoms with Crippen LogP contribution >= 0.6 is 0 Å². The van der Waals surface area contributed by atoms with Crippen LogP contribution in [0.3, 0.4) is 0 Å². The van der Waals surface area contributed by atoms with E-state index in [2.05, 4.69) is 4.40 Å². The van der Waals surface area contributed by atoms with Gasteiger partial charge >= 0.3 is 0 Å². The van der Waals surface area contributed by atoms with Crippen molar-refractivity contribution in [3.05, 3.63) is 29.8 Å². The van der Waals surface area contributed by atoms with Gasteiger partial charge in [0.2, 0.25) is 0 Å². The molecule has 1 atom stereocenters. The molecule has 2 rings (SSSR count). The molecule has 0 bridgehead atoms. The van der Waals surface area contributed by atoms with Crippen LogP contribution in [-0.4, -0.2) is 21.3 Å². The molecule has 0 N–H and O–H groups in total. The van der Waals surface area contributed by atoms with Gasteiger partial charge in [0.1, 0.15) is 16.7 Å². The Morgan fingerprint density at radius 3 is 2.71 bits per heavy atom. The van der Waals surface area contributed by atoms with E-state index in [-0.39, 0.29) is 4.75 Å². The molecule has 1 aromatic rings. The zero-order valence-corrected chi connectivity index (χ0v) is 11.2. The third kappa shape index (κ3) is 2.75. The summed E-state index contributed by atoms with van der Waals surface area (Å²) in [6, 6.07) is 7.77. The second kappa shape index (κ2) is 4.61. The molecule has 1 aromatic carbocycles. The molecule has 3 nitrogen and oxygen atoms in total. The molecule has 17 heavy (non-hydrogen) atoms. The molecule has 0 spiro atoms. The topological polar surface area (TPSA) is 38.7 Å². The smallest absolute Gasteiger partial charge is 0.145 e. The van der Waals surface area contributed by atoms with Crippen LogP contribution in [0.4, 0.5) is 0 Å². The van der Waals surface area contributed by atoms with Crippen molar-refractivity contribution in [2.45, 2.75) is 31.9 Å². The van der Waals surface area contributed by atoms with Crippen LogP contribution in [0.1, 0.15) is 32.8 Å². The Morgan fingerprint density at radius 1 is 1.29 bits per heavy atom. The van der Waals surface area contributed by atoms with Crippen LogP contribution < -0.4 is 4.74 Å². The van der Waals surface area contributed by atoms with Crippen molar-refractivity contribution in [3.8, 4) is 5.75 Å². The van der Waals surface area contributed by atoms with E-state index in [0.29, 0.717) is 6.61 Å². The number of ether oxygens (including phenoxy) is 1. The zero-order chi connectivity index (χ0) is 12.5. The van der Waals surface area contributed by atoms with Crippen molar-refractivity contribution in [2.75, 3.05) is 6.61 Å². The summed E-state index contributed by atoms with van der Waals surface area (Å²) in [6.45, 7) is 6.40. The molecule has 1 aliphatic rings. The van der Waals surface area contributed by atoms with Crippen LogP contribution in [0, 0.1) is 0 Å². The predicted octanol–water partition coefficient (Wildman–Crippen LogP) is 2.72. The fourth-order valence-electron chi connectivity index (χ4n) is 1.56. The van der Waals surface area contributed by atoms with Gasteiger partial charge in [-0.1, -0.05) is 12.1 Å². The number of benzene rings is 1. The van der Waals surface area contributed by atoms with Crippen LogP contribution in [0.2, 0.25) is 0 Å². The number of hydrogen-bond donors (Lipinski definition) is 0. The maximum atomic E-state index is 12.0. The zero-order valence-electron chi connectivity index (χ0n) is 10.4. The normalized spacial score (nSPS) is 19.6. The standard InChI is InChI=1S/C13H17NO2S/c1-13(2,3)17(15)14-11-8-9-16-12-7-5-4-6-10(11)12/h4-7H,8-9H2,1-3H3. The maximum Gasteiger partial charge on any atom is 0.145 e. The monoisotopic (exact) mass is 251 g/mol. The van der Waals surface area contributed by atoms with Crippen molar-refractivity contribution in [1.29, 1.82) is 0 Å². The third-order valence-electron chi connectivity index (χ3n) is 2.51. The van der Waals surface area contributed by atoms with Gasteiger partial charge in [0.25, 0.3) is 0 Å². The lowest BCUT2D eigenvalue weighted by molar-refractivity contribution is 0.320. The Balaban J connectivity index is 2.36. The Kier molecular flexibility index (Phi) is 3.33. The summed E-state index contributed by atoms with van der Waals surface area (Å²) >= 11 is 0. The number of fused-ring (bicyclic) bond motifs is 1. The van der Waals surface area contributed by atoms with E-state index in [4.69, 9.17) is 4.74 Å². The molecular weight excluding hydrogens is 234 g/mol. The fourth-order valence-corrected chi connectivity index (χ4v) is 2.22. The first kappa shape index (κ1) is 12.3. The Morgan fingerprint density at radius 2 is 2.00 bits per heavy atom. The lowest BCUT2D eigenvalue weighted by atomic mass is 10.0. The Labute approximate surface area is 104 Å². The first-order valence-electron chi connectivity index (χ1n) is 5.70. The minimum atomic E-state index is -1.21. The van der Waals surface area contributed by atoms with E-state index in [9.17, 15) is 4.21 Å². The van der Waals surface area contributed by atoms with E-state index < -0.39 is 11.0 Å². The number of rotatable bonds is 1. The molecule has 1 unspecified atom stereocenters. The van der Waals surface area contributed by atoms with Crippen molar-refractivity contribution in [2.24, 2.45) is 4.40 Å². The van der Waals surface area contributed by atoms with E-state index >= 15 is 0 Å². The van der Waals surface area contributed by atoms with Gasteiger partial charge in [-0.25, -0.2) is 4.21 Å². The van der Waals surface area contributed by atoms with Gasteiger partial charge in [-0.15, -0.1) is 0 Å². The van der Waals surface area contributed by atoms with Crippen LogP contribution in [0.5, 0.6) is 5.75 Å². The largest absolute Gasteiger partial charge is 0.492 e. The second-order valence-corrected chi connectivity index (χ2v) is 6.90. The molecule has 92 valence electrons. The highest BCUT2D eigenvalue weighted by Gasteiger charge is 2.22. The van der Waals surface area contributed by atoms with Crippen molar-refractivity contribution in [1.82, 2.24) is 0 Å². The quantitative estimate of drug-likeness (QED) is 0.769. The summed E-state index contributed by atoms with van der Waals surface area (Å²) in [7, 11) is -1.21. The van der Waals surface area contributed by atoms with Gasteiger partial charge in [-0.2, -0.15) is 4.40 Å². The minimum absolute atomic E-state index is 0.319. The van der Waals surface area contributed by atoms with E-state index in [0.717, 1.165) is 23.4 Å². The molecule has 4 heteroatoms. The molecule has 0 radical (unpaired) electrons. The molecule has 0 amide bonds. The van der Waals surface area contributed by atoms with E-state index in [1.165, 1.54) is 0 Å². The second-order valence-electron chi connectivity index (χ2n) is 4.99. The van der Waals surface area contributed by atoms with Crippen molar-refractivity contribution < 1.29 is 8.95 Å². The number of hydrogen-bond acceptors (Lipinski definition) is 2. The summed E-state index contributed by atoms with van der Waals surface area (Å²) in [5, 5.41) is 0. The molecule has 0 aromatic heterocycles. The minimum Gasteiger partial charge on any atom is -0.492 e. The van der Waals surface area contributed by atoms with E-state index in [1.54, 1.807) is 0 Å². The highest BCUT2D eigenvalue weighted by molar-refractivity contribution is 7.85. The average molecular weight is 251 g/mol. The first-order valence-corrected chi connectivity index (χ1v) is 6.81. The molecule has 0 saturated carbocycles. The number of para-hydroxylation sites is 1. The Bertz CT molecular complexity index is 475. The summed E-state index contributed by atoms with van der Waals surface area (Å²) in [5.74, 6) is 0.836. The van der Waals surface area contributed by atoms with Crippen LogP contribution in [0.25, 0.3) is 0 Å². The van der Waals surface area contributed by atoms with Gasteiger partial charge in [0.05, 0.1) is 17.1 Å². The molecule has 1 aliphatic heterocycles.